The summed E-state index contributed by atoms with van der Waals surface area (Å²) in [6.45, 7) is 4.03. The lowest BCUT2D eigenvalue weighted by atomic mass is 10.2. The predicted octanol–water partition coefficient (Wildman–Crippen LogP) is 3.54. The molecular weight excluding hydrogens is 466 g/mol. The first-order valence-corrected chi connectivity index (χ1v) is 11.6. The summed E-state index contributed by atoms with van der Waals surface area (Å²) in [6.07, 6.45) is 4.82. The Kier molecular flexibility index (Phi) is 6.22. The molecule has 5 aromatic rings. The molecule has 11 heteroatoms. The van der Waals surface area contributed by atoms with Gasteiger partial charge in [-0.15, -0.1) is 16.8 Å². The van der Waals surface area contributed by atoms with Crippen LogP contribution in [0.3, 0.4) is 0 Å². The molecule has 0 aliphatic carbocycles. The Morgan fingerprint density at radius 1 is 1.06 bits per heavy atom. The Labute approximate surface area is 203 Å². The highest BCUT2D eigenvalue weighted by Gasteiger charge is 2.17. The van der Waals surface area contributed by atoms with Crippen molar-refractivity contribution < 1.29 is 9.53 Å². The lowest BCUT2D eigenvalue weighted by Crippen LogP contribution is -2.22. The second kappa shape index (κ2) is 9.77. The molecule has 0 aliphatic heterocycles. The summed E-state index contributed by atoms with van der Waals surface area (Å²) in [4.78, 5) is 33.5. The first-order valence-electron chi connectivity index (χ1n) is 10.6. The highest BCUT2D eigenvalue weighted by Crippen LogP contribution is 2.23. The minimum absolute atomic E-state index is 0.103. The second-order valence-electron chi connectivity index (χ2n) is 7.33. The van der Waals surface area contributed by atoms with E-state index in [9.17, 15) is 9.59 Å². The van der Waals surface area contributed by atoms with E-state index >= 15 is 0 Å². The van der Waals surface area contributed by atoms with Gasteiger partial charge in [0.15, 0.2) is 5.16 Å². The number of nitrogens with zero attached hydrogens (tertiary/aromatic N) is 6. The molecule has 0 aliphatic rings. The van der Waals surface area contributed by atoms with Crippen LogP contribution in [0.2, 0.25) is 0 Å². The van der Waals surface area contributed by atoms with Gasteiger partial charge in [0.2, 0.25) is 11.7 Å². The number of fused-ring (bicyclic) bond motifs is 3. The third-order valence-electron chi connectivity index (χ3n) is 5.01. The maximum absolute atomic E-state index is 12.9. The Morgan fingerprint density at radius 2 is 1.83 bits per heavy atom. The quantitative estimate of drug-likeness (QED) is 0.262. The van der Waals surface area contributed by atoms with Crippen LogP contribution in [0.25, 0.3) is 16.7 Å². The average molecular weight is 486 g/mol. The molecular formula is C24H19N7O3S. The number of para-hydroxylation sites is 1. The van der Waals surface area contributed by atoms with Gasteiger partial charge in [0.05, 0.1) is 16.7 Å². The van der Waals surface area contributed by atoms with Gasteiger partial charge in [0.25, 0.3) is 5.56 Å². The molecule has 0 radical (unpaired) electrons. The molecule has 0 unspecified atom stereocenters. The van der Waals surface area contributed by atoms with Gasteiger partial charge in [-0.25, -0.2) is 9.97 Å². The molecule has 0 fully saturated rings. The number of rotatable bonds is 8. The zero-order valence-corrected chi connectivity index (χ0v) is 19.2. The summed E-state index contributed by atoms with van der Waals surface area (Å²) in [6, 6.07) is 16.1. The third kappa shape index (κ3) is 4.62. The smallest absolute Gasteiger partial charge is 0.321 e. The number of hydrogen-bond donors (Lipinski definition) is 1. The van der Waals surface area contributed by atoms with Crippen LogP contribution in [-0.4, -0.2) is 40.8 Å². The minimum Gasteiger partial charge on any atom is -0.424 e. The molecule has 174 valence electrons. The molecule has 0 spiro atoms. The number of amides is 1. The molecule has 1 amide bonds. The van der Waals surface area contributed by atoms with E-state index < -0.39 is 0 Å². The fourth-order valence-corrected chi connectivity index (χ4v) is 4.24. The lowest BCUT2D eigenvalue weighted by molar-refractivity contribution is -0.113. The topological polar surface area (TPSA) is 116 Å². The number of aromatic nitrogens is 6. The van der Waals surface area contributed by atoms with Crippen molar-refractivity contribution in [2.75, 3.05) is 11.1 Å². The molecule has 10 nitrogen and oxygen atoms in total. The van der Waals surface area contributed by atoms with Gasteiger partial charge >= 0.3 is 6.01 Å². The van der Waals surface area contributed by atoms with Crippen LogP contribution in [-0.2, 0) is 11.3 Å². The van der Waals surface area contributed by atoms with Crippen LogP contribution in [0.15, 0.2) is 89.6 Å². The van der Waals surface area contributed by atoms with Gasteiger partial charge in [-0.05, 0) is 42.5 Å². The molecule has 5 rings (SSSR count). The van der Waals surface area contributed by atoms with E-state index in [0.29, 0.717) is 39.8 Å². The number of thioether (sulfide) groups is 1. The summed E-state index contributed by atoms with van der Waals surface area (Å²) in [5, 5.41) is 12.3. The first-order chi connectivity index (χ1) is 17.1. The molecule has 3 heterocycles. The number of carbonyl (C=O) groups excluding carboxylic acids is 1. The largest absolute Gasteiger partial charge is 0.424 e. The first kappa shape index (κ1) is 22.3. The summed E-state index contributed by atoms with van der Waals surface area (Å²) in [7, 11) is 0. The van der Waals surface area contributed by atoms with Crippen molar-refractivity contribution in [1.82, 2.24) is 29.1 Å². The normalized spacial score (nSPS) is 11.0. The highest BCUT2D eigenvalue weighted by atomic mass is 32.2. The molecule has 2 aromatic carbocycles. The van der Waals surface area contributed by atoms with Gasteiger partial charge in [0, 0.05) is 24.6 Å². The number of benzene rings is 2. The minimum atomic E-state index is -0.212. The van der Waals surface area contributed by atoms with E-state index in [1.165, 1.54) is 16.3 Å². The van der Waals surface area contributed by atoms with Crippen molar-refractivity contribution in [3.63, 3.8) is 0 Å². The van der Waals surface area contributed by atoms with Crippen LogP contribution in [0.1, 0.15) is 0 Å². The number of ether oxygens (including phenoxy) is 1. The standard InChI is InChI=1S/C24H19N7O3S/c1-2-14-30-21(33)18-6-3-4-7-19(18)31-23(30)28-29-24(31)35-15-20(32)27-16-8-10-17(11-9-16)34-22-25-12-5-13-26-22/h2-13H,1,14-15H2,(H,27,32). The third-order valence-corrected chi connectivity index (χ3v) is 5.94. The van der Waals surface area contributed by atoms with E-state index in [1.807, 2.05) is 18.2 Å². The van der Waals surface area contributed by atoms with Crippen LogP contribution in [0.4, 0.5) is 5.69 Å². The lowest BCUT2D eigenvalue weighted by Gasteiger charge is -2.10. The van der Waals surface area contributed by atoms with Crippen LogP contribution >= 0.6 is 11.8 Å². The predicted molar refractivity (Wildman–Crippen MR) is 133 cm³/mol. The fraction of sp³-hybridized carbons (Fsp3) is 0.0833. The molecule has 35 heavy (non-hydrogen) atoms. The maximum atomic E-state index is 12.9. The van der Waals surface area contributed by atoms with Crippen molar-refractivity contribution in [2.24, 2.45) is 0 Å². The Balaban J connectivity index is 1.31. The van der Waals surface area contributed by atoms with Crippen molar-refractivity contribution in [3.05, 3.63) is 90.0 Å². The van der Waals surface area contributed by atoms with Gasteiger partial charge in [-0.1, -0.05) is 30.0 Å². The van der Waals surface area contributed by atoms with Crippen molar-refractivity contribution >= 4 is 40.0 Å². The molecule has 0 atom stereocenters. The zero-order chi connectivity index (χ0) is 24.2. The number of carbonyl (C=O) groups is 1. The average Bonchev–Trinajstić information content (AvgIpc) is 3.31. The number of allylic oxidation sites excluding steroid dienone is 1. The zero-order valence-electron chi connectivity index (χ0n) is 18.4. The van der Waals surface area contributed by atoms with E-state index in [0.717, 1.165) is 0 Å². The van der Waals surface area contributed by atoms with Crippen LogP contribution < -0.4 is 15.6 Å². The SMILES string of the molecule is C=CCn1c(=O)c2ccccc2n2c(SCC(=O)Nc3ccc(Oc4ncccn4)cc3)nnc12. The Bertz CT molecular complexity index is 1580. The summed E-state index contributed by atoms with van der Waals surface area (Å²) in [5.74, 6) is 0.840. The van der Waals surface area contributed by atoms with Crippen molar-refractivity contribution in [2.45, 2.75) is 11.7 Å². The fourth-order valence-electron chi connectivity index (χ4n) is 3.50. The monoisotopic (exact) mass is 485 g/mol. The van der Waals surface area contributed by atoms with Crippen molar-refractivity contribution in [1.29, 1.82) is 0 Å². The molecule has 0 saturated heterocycles. The number of nitrogens with one attached hydrogen (secondary N) is 1. The summed E-state index contributed by atoms with van der Waals surface area (Å²) < 4.78 is 8.86. The number of anilines is 1. The second-order valence-corrected chi connectivity index (χ2v) is 8.28. The van der Waals surface area contributed by atoms with Crippen LogP contribution in [0.5, 0.6) is 11.8 Å². The highest BCUT2D eigenvalue weighted by molar-refractivity contribution is 7.99. The van der Waals surface area contributed by atoms with Crippen LogP contribution in [0, 0.1) is 0 Å². The van der Waals surface area contributed by atoms with Gasteiger partial charge in [-0.2, -0.15) is 0 Å². The van der Waals surface area contributed by atoms with E-state index in [4.69, 9.17) is 4.74 Å². The molecule has 0 saturated carbocycles. The molecule has 0 bridgehead atoms. The Morgan fingerprint density at radius 3 is 2.60 bits per heavy atom. The van der Waals surface area contributed by atoms with E-state index in [-0.39, 0.29) is 23.2 Å². The van der Waals surface area contributed by atoms with E-state index in [2.05, 4.69) is 32.1 Å². The van der Waals surface area contributed by atoms with Gasteiger partial charge < -0.3 is 10.1 Å². The number of hydrogen-bond acceptors (Lipinski definition) is 8. The van der Waals surface area contributed by atoms with Gasteiger partial charge in [-0.3, -0.25) is 18.6 Å². The van der Waals surface area contributed by atoms with Crippen molar-refractivity contribution in [3.8, 4) is 11.8 Å². The molecule has 1 N–H and O–H groups in total. The Hall–Kier alpha value is -4.51. The van der Waals surface area contributed by atoms with Gasteiger partial charge in [0.1, 0.15) is 5.75 Å². The summed E-state index contributed by atoms with van der Waals surface area (Å²) >= 11 is 1.23. The maximum Gasteiger partial charge on any atom is 0.321 e. The van der Waals surface area contributed by atoms with E-state index in [1.54, 1.807) is 59.3 Å². The summed E-state index contributed by atoms with van der Waals surface area (Å²) in [5.41, 5.74) is 1.13. The molecule has 3 aromatic heterocycles.